The molecular weight excluding hydrogens is 281 g/mol. The van der Waals surface area contributed by atoms with E-state index >= 15 is 0 Å². The fraction of sp³-hybridized carbons (Fsp3) is 0.333. The largest absolute Gasteiger partial charge is 0.310 e. The van der Waals surface area contributed by atoms with Gasteiger partial charge in [-0.25, -0.2) is 4.39 Å². The van der Waals surface area contributed by atoms with Gasteiger partial charge in [0.2, 0.25) is 0 Å². The van der Waals surface area contributed by atoms with Gasteiger partial charge < -0.3 is 5.32 Å². The second kappa shape index (κ2) is 6.20. The van der Waals surface area contributed by atoms with E-state index in [1.165, 1.54) is 35.7 Å². The van der Waals surface area contributed by atoms with Crippen molar-refractivity contribution in [2.75, 3.05) is 0 Å². The second-order valence-corrected chi connectivity index (χ2v) is 6.88. The van der Waals surface area contributed by atoms with Gasteiger partial charge in [0.15, 0.2) is 0 Å². The SMILES string of the molecule is Cc1ccc(Sc2ccc(CNC3CC3)cc2F)cc1C. The summed E-state index contributed by atoms with van der Waals surface area (Å²) in [7, 11) is 0. The first kappa shape index (κ1) is 14.6. The minimum Gasteiger partial charge on any atom is -0.310 e. The Kier molecular flexibility index (Phi) is 4.32. The lowest BCUT2D eigenvalue weighted by molar-refractivity contribution is 0.595. The summed E-state index contributed by atoms with van der Waals surface area (Å²) in [5, 5.41) is 3.41. The lowest BCUT2D eigenvalue weighted by atomic mass is 10.1. The molecule has 1 saturated carbocycles. The van der Waals surface area contributed by atoms with Crippen molar-refractivity contribution in [2.24, 2.45) is 0 Å². The van der Waals surface area contributed by atoms with Crippen LogP contribution >= 0.6 is 11.8 Å². The molecule has 0 radical (unpaired) electrons. The first-order chi connectivity index (χ1) is 10.1. The third-order valence-electron chi connectivity index (χ3n) is 3.87. The summed E-state index contributed by atoms with van der Waals surface area (Å²) >= 11 is 1.49. The van der Waals surface area contributed by atoms with Crippen LogP contribution in [0.5, 0.6) is 0 Å². The number of benzene rings is 2. The highest BCUT2D eigenvalue weighted by Gasteiger charge is 2.20. The van der Waals surface area contributed by atoms with Crippen LogP contribution in [-0.4, -0.2) is 6.04 Å². The Morgan fingerprint density at radius 2 is 1.90 bits per heavy atom. The van der Waals surface area contributed by atoms with Gasteiger partial charge >= 0.3 is 0 Å². The molecule has 0 aromatic heterocycles. The Balaban J connectivity index is 1.70. The molecule has 1 N–H and O–H groups in total. The van der Waals surface area contributed by atoms with Crippen LogP contribution in [0.25, 0.3) is 0 Å². The van der Waals surface area contributed by atoms with Crippen LogP contribution < -0.4 is 5.32 Å². The smallest absolute Gasteiger partial charge is 0.137 e. The summed E-state index contributed by atoms with van der Waals surface area (Å²) in [5.74, 6) is -0.131. The highest BCUT2D eigenvalue weighted by atomic mass is 32.2. The van der Waals surface area contributed by atoms with Crippen molar-refractivity contribution in [3.8, 4) is 0 Å². The summed E-state index contributed by atoms with van der Waals surface area (Å²) in [6, 6.07) is 12.5. The summed E-state index contributed by atoms with van der Waals surface area (Å²) in [4.78, 5) is 1.77. The highest BCUT2D eigenvalue weighted by Crippen LogP contribution is 2.31. The summed E-state index contributed by atoms with van der Waals surface area (Å²) in [6.45, 7) is 4.94. The molecule has 21 heavy (non-hydrogen) atoms. The molecule has 0 heterocycles. The Morgan fingerprint density at radius 3 is 2.57 bits per heavy atom. The molecule has 0 amide bonds. The minimum absolute atomic E-state index is 0.131. The minimum atomic E-state index is -0.131. The molecule has 2 aromatic rings. The molecule has 3 heteroatoms. The van der Waals surface area contributed by atoms with E-state index < -0.39 is 0 Å². The number of hydrogen-bond donors (Lipinski definition) is 1. The van der Waals surface area contributed by atoms with E-state index in [4.69, 9.17) is 0 Å². The summed E-state index contributed by atoms with van der Waals surface area (Å²) in [5.41, 5.74) is 3.52. The Bertz CT molecular complexity index is 650. The third kappa shape index (κ3) is 3.86. The molecule has 0 bridgehead atoms. The van der Waals surface area contributed by atoms with Crippen LogP contribution in [0.15, 0.2) is 46.2 Å². The number of hydrogen-bond acceptors (Lipinski definition) is 2. The second-order valence-electron chi connectivity index (χ2n) is 5.77. The average Bonchev–Trinajstić information content (AvgIpc) is 3.27. The maximum absolute atomic E-state index is 14.2. The zero-order valence-corrected chi connectivity index (χ0v) is 13.3. The predicted molar refractivity (Wildman–Crippen MR) is 86.3 cm³/mol. The lowest BCUT2D eigenvalue weighted by Crippen LogP contribution is -2.15. The molecule has 1 aliphatic carbocycles. The zero-order valence-electron chi connectivity index (χ0n) is 12.4. The fourth-order valence-electron chi connectivity index (χ4n) is 2.19. The maximum atomic E-state index is 14.2. The Labute approximate surface area is 130 Å². The molecule has 110 valence electrons. The zero-order chi connectivity index (χ0) is 14.8. The first-order valence-corrected chi connectivity index (χ1v) is 8.20. The molecule has 1 fully saturated rings. The highest BCUT2D eigenvalue weighted by molar-refractivity contribution is 7.99. The molecule has 0 saturated heterocycles. The van der Waals surface area contributed by atoms with E-state index in [0.29, 0.717) is 10.9 Å². The lowest BCUT2D eigenvalue weighted by Gasteiger charge is -2.08. The van der Waals surface area contributed by atoms with E-state index in [-0.39, 0.29) is 5.82 Å². The van der Waals surface area contributed by atoms with Crippen LogP contribution in [-0.2, 0) is 6.54 Å². The molecule has 0 aliphatic heterocycles. The number of rotatable bonds is 5. The van der Waals surface area contributed by atoms with E-state index in [0.717, 1.165) is 17.0 Å². The Morgan fingerprint density at radius 1 is 1.10 bits per heavy atom. The van der Waals surface area contributed by atoms with Crippen LogP contribution in [0.1, 0.15) is 29.5 Å². The topological polar surface area (TPSA) is 12.0 Å². The molecule has 1 aliphatic rings. The van der Waals surface area contributed by atoms with Gasteiger partial charge in [0.05, 0.1) is 0 Å². The molecule has 1 nitrogen and oxygen atoms in total. The van der Waals surface area contributed by atoms with Crippen molar-refractivity contribution in [3.05, 3.63) is 58.9 Å². The van der Waals surface area contributed by atoms with Crippen molar-refractivity contribution in [1.82, 2.24) is 5.32 Å². The van der Waals surface area contributed by atoms with E-state index in [2.05, 4.69) is 37.4 Å². The normalized spacial score (nSPS) is 14.4. The predicted octanol–water partition coefficient (Wildman–Crippen LogP) is 4.85. The molecule has 0 unspecified atom stereocenters. The fourth-order valence-corrected chi connectivity index (χ4v) is 3.11. The summed E-state index contributed by atoms with van der Waals surface area (Å²) in [6.07, 6.45) is 2.51. The van der Waals surface area contributed by atoms with Gasteiger partial charge in [-0.3, -0.25) is 0 Å². The quantitative estimate of drug-likeness (QED) is 0.847. The van der Waals surface area contributed by atoms with E-state index in [9.17, 15) is 4.39 Å². The molecule has 3 rings (SSSR count). The first-order valence-electron chi connectivity index (χ1n) is 7.39. The van der Waals surface area contributed by atoms with E-state index in [1.807, 2.05) is 12.1 Å². The van der Waals surface area contributed by atoms with Crippen LogP contribution in [0, 0.1) is 19.7 Å². The molecule has 0 atom stereocenters. The van der Waals surface area contributed by atoms with Gasteiger partial charge in [0.1, 0.15) is 5.82 Å². The average molecular weight is 301 g/mol. The molecular formula is C18H20FNS. The standard InChI is InChI=1S/C18H20FNS/c1-12-3-7-16(9-13(12)2)21-18-8-4-14(10-17(18)19)11-20-15-5-6-15/h3-4,7-10,15,20H,5-6,11H2,1-2H3. The third-order valence-corrected chi connectivity index (χ3v) is 4.92. The number of nitrogens with one attached hydrogen (secondary N) is 1. The molecule has 0 spiro atoms. The van der Waals surface area contributed by atoms with Crippen molar-refractivity contribution in [3.63, 3.8) is 0 Å². The van der Waals surface area contributed by atoms with Crippen molar-refractivity contribution < 1.29 is 4.39 Å². The maximum Gasteiger partial charge on any atom is 0.137 e. The van der Waals surface area contributed by atoms with Gasteiger partial charge in [-0.1, -0.05) is 23.9 Å². The van der Waals surface area contributed by atoms with Gasteiger partial charge in [0, 0.05) is 22.4 Å². The van der Waals surface area contributed by atoms with E-state index in [1.54, 1.807) is 6.07 Å². The van der Waals surface area contributed by atoms with Crippen molar-refractivity contribution in [1.29, 1.82) is 0 Å². The van der Waals surface area contributed by atoms with Crippen molar-refractivity contribution in [2.45, 2.75) is 49.1 Å². The Hall–Kier alpha value is -1.32. The van der Waals surface area contributed by atoms with Gasteiger partial charge in [-0.05, 0) is 67.6 Å². The van der Waals surface area contributed by atoms with Gasteiger partial charge in [-0.2, -0.15) is 0 Å². The van der Waals surface area contributed by atoms with Crippen molar-refractivity contribution >= 4 is 11.8 Å². The molecule has 2 aromatic carbocycles. The number of aryl methyl sites for hydroxylation is 2. The van der Waals surface area contributed by atoms with Gasteiger partial charge in [-0.15, -0.1) is 0 Å². The monoisotopic (exact) mass is 301 g/mol. The van der Waals surface area contributed by atoms with Crippen LogP contribution in [0.4, 0.5) is 4.39 Å². The van der Waals surface area contributed by atoms with Gasteiger partial charge in [0.25, 0.3) is 0 Å². The van der Waals surface area contributed by atoms with Crippen LogP contribution in [0.2, 0.25) is 0 Å². The summed E-state index contributed by atoms with van der Waals surface area (Å²) < 4.78 is 14.2. The number of halogens is 1. The van der Waals surface area contributed by atoms with Crippen LogP contribution in [0.3, 0.4) is 0 Å².